The zero-order valence-electron chi connectivity index (χ0n) is 12.8. The molecule has 1 aliphatic rings. The van der Waals surface area contributed by atoms with Gasteiger partial charge in [0.1, 0.15) is 5.82 Å². The minimum atomic E-state index is -3.88. The number of piperidine rings is 1. The second-order valence-electron chi connectivity index (χ2n) is 5.71. The van der Waals surface area contributed by atoms with Gasteiger partial charge in [0.25, 0.3) is 0 Å². The van der Waals surface area contributed by atoms with Gasteiger partial charge in [0.2, 0.25) is 10.0 Å². The highest BCUT2D eigenvalue weighted by Crippen LogP contribution is 2.27. The highest BCUT2D eigenvalue weighted by atomic mass is 32.2. The van der Waals surface area contributed by atoms with Crippen LogP contribution < -0.4 is 0 Å². The minimum absolute atomic E-state index is 0.0415. The minimum Gasteiger partial charge on any atom is -0.298 e. The number of Topliss-reactive ketones (excluding diaryl/α,β-unsaturated/α-hetero) is 1. The molecule has 0 aliphatic carbocycles. The van der Waals surface area contributed by atoms with Crippen molar-refractivity contribution in [2.24, 2.45) is 5.18 Å². The Morgan fingerprint density at radius 3 is 2.61 bits per heavy atom. The molecule has 0 spiro atoms. The van der Waals surface area contributed by atoms with E-state index in [1.54, 1.807) is 0 Å². The number of rotatable bonds is 6. The number of carbonyl (C=O) groups excluding carboxylic acids is 1. The predicted molar refractivity (Wildman–Crippen MR) is 82.8 cm³/mol. The third kappa shape index (κ3) is 4.00. The average Bonchev–Trinajstić information content (AvgIpc) is 2.55. The highest BCUT2D eigenvalue weighted by Gasteiger charge is 2.37. The molecule has 126 valence electrons. The maximum Gasteiger partial charge on any atom is 0.243 e. The van der Waals surface area contributed by atoms with Crippen LogP contribution in [0.25, 0.3) is 0 Å². The third-order valence-corrected chi connectivity index (χ3v) is 5.84. The van der Waals surface area contributed by atoms with E-state index in [9.17, 15) is 22.5 Å². The molecule has 1 aromatic carbocycles. The van der Waals surface area contributed by atoms with Gasteiger partial charge >= 0.3 is 0 Å². The summed E-state index contributed by atoms with van der Waals surface area (Å²) in [6.45, 7) is 1.76. The van der Waals surface area contributed by atoms with Crippen LogP contribution in [0.2, 0.25) is 0 Å². The Balaban J connectivity index is 2.28. The molecule has 1 heterocycles. The first-order valence-electron chi connectivity index (χ1n) is 7.49. The van der Waals surface area contributed by atoms with Crippen LogP contribution in [0.15, 0.2) is 34.3 Å². The van der Waals surface area contributed by atoms with Crippen molar-refractivity contribution in [2.75, 3.05) is 6.54 Å². The summed E-state index contributed by atoms with van der Waals surface area (Å²) < 4.78 is 39.6. The van der Waals surface area contributed by atoms with Crippen LogP contribution >= 0.6 is 0 Å². The number of hydrogen-bond acceptors (Lipinski definition) is 5. The predicted octanol–water partition coefficient (Wildman–Crippen LogP) is 2.48. The summed E-state index contributed by atoms with van der Waals surface area (Å²) >= 11 is 0. The Kier molecular flexibility index (Phi) is 5.59. The van der Waals surface area contributed by atoms with Gasteiger partial charge < -0.3 is 0 Å². The van der Waals surface area contributed by atoms with Gasteiger partial charge in [0.05, 0.1) is 17.0 Å². The molecule has 0 N–H and O–H groups in total. The second-order valence-corrected chi connectivity index (χ2v) is 7.60. The van der Waals surface area contributed by atoms with Crippen molar-refractivity contribution in [1.29, 1.82) is 0 Å². The molecule has 1 unspecified atom stereocenters. The van der Waals surface area contributed by atoms with E-state index in [0.29, 0.717) is 12.8 Å². The quantitative estimate of drug-likeness (QED) is 0.744. The van der Waals surface area contributed by atoms with Gasteiger partial charge in [-0.3, -0.25) is 4.79 Å². The molecule has 1 aromatic rings. The lowest BCUT2D eigenvalue weighted by molar-refractivity contribution is -0.123. The lowest BCUT2D eigenvalue weighted by atomic mass is 9.97. The van der Waals surface area contributed by atoms with Gasteiger partial charge in [0, 0.05) is 13.0 Å². The average molecular weight is 342 g/mol. The van der Waals surface area contributed by atoms with Crippen molar-refractivity contribution in [3.8, 4) is 0 Å². The Hall–Kier alpha value is -1.67. The molecule has 0 amide bonds. The Morgan fingerprint density at radius 1 is 1.35 bits per heavy atom. The van der Waals surface area contributed by atoms with E-state index < -0.39 is 27.9 Å². The fraction of sp³-hybridized carbons (Fsp3) is 0.533. The van der Waals surface area contributed by atoms with Crippen LogP contribution in [0.1, 0.15) is 32.6 Å². The first kappa shape index (κ1) is 17.7. The van der Waals surface area contributed by atoms with Crippen molar-refractivity contribution in [1.82, 2.24) is 4.31 Å². The summed E-state index contributed by atoms with van der Waals surface area (Å²) in [4.78, 5) is 22.8. The number of nitrogens with zero attached hydrogens (tertiary/aromatic N) is 2. The summed E-state index contributed by atoms with van der Waals surface area (Å²) in [5.41, 5.74) is 0. The second kappa shape index (κ2) is 7.27. The number of hydrogen-bond donors (Lipinski definition) is 0. The maximum atomic E-state index is 13.0. The standard InChI is InChI=1S/C15H19FN2O4S/c1-11(17-20)10-15(19)14-4-2-3-9-18(14)23(21,22)13-7-5-12(16)6-8-13/h5-8,11,14H,2-4,9-10H2,1H3/t11?,14-/m0/s1. The van der Waals surface area contributed by atoms with Gasteiger partial charge in [-0.2, -0.15) is 9.21 Å². The van der Waals surface area contributed by atoms with Crippen LogP contribution in [-0.2, 0) is 14.8 Å². The summed E-state index contributed by atoms with van der Waals surface area (Å²) in [7, 11) is -3.88. The van der Waals surface area contributed by atoms with Crippen LogP contribution in [0.5, 0.6) is 0 Å². The third-order valence-electron chi connectivity index (χ3n) is 3.92. The van der Waals surface area contributed by atoms with Crippen molar-refractivity contribution >= 4 is 15.8 Å². The number of sulfonamides is 1. The van der Waals surface area contributed by atoms with Crippen LogP contribution in [0, 0.1) is 10.7 Å². The number of benzene rings is 1. The van der Waals surface area contributed by atoms with Crippen molar-refractivity contribution in [3.05, 3.63) is 35.0 Å². The first-order valence-corrected chi connectivity index (χ1v) is 8.93. The Morgan fingerprint density at radius 2 is 2.00 bits per heavy atom. The van der Waals surface area contributed by atoms with Gasteiger partial charge in [-0.1, -0.05) is 11.6 Å². The number of ketones is 1. The monoisotopic (exact) mass is 342 g/mol. The van der Waals surface area contributed by atoms with E-state index in [2.05, 4.69) is 5.18 Å². The zero-order chi connectivity index (χ0) is 17.0. The molecule has 8 heteroatoms. The molecule has 23 heavy (non-hydrogen) atoms. The number of halogens is 1. The zero-order valence-corrected chi connectivity index (χ0v) is 13.6. The molecule has 0 aromatic heterocycles. The first-order chi connectivity index (χ1) is 10.9. The molecule has 1 fully saturated rings. The van der Waals surface area contributed by atoms with E-state index in [1.165, 1.54) is 23.4 Å². The summed E-state index contributed by atoms with van der Waals surface area (Å²) in [6.07, 6.45) is 1.74. The molecule has 0 bridgehead atoms. The molecule has 2 atom stereocenters. The van der Waals surface area contributed by atoms with Crippen molar-refractivity contribution in [3.63, 3.8) is 0 Å². The summed E-state index contributed by atoms with van der Waals surface area (Å²) in [5.74, 6) is -0.830. The normalized spacial score (nSPS) is 20.9. The highest BCUT2D eigenvalue weighted by molar-refractivity contribution is 7.89. The smallest absolute Gasteiger partial charge is 0.243 e. The van der Waals surface area contributed by atoms with Gasteiger partial charge in [-0.05, 0) is 44.0 Å². The van der Waals surface area contributed by atoms with Gasteiger partial charge in [0.15, 0.2) is 5.78 Å². The number of carbonyl (C=O) groups is 1. The molecular formula is C15H19FN2O4S. The molecule has 2 rings (SSSR count). The Labute approximate surface area is 134 Å². The molecule has 1 aliphatic heterocycles. The maximum absolute atomic E-state index is 13.0. The van der Waals surface area contributed by atoms with Gasteiger partial charge in [-0.25, -0.2) is 12.8 Å². The topological polar surface area (TPSA) is 83.9 Å². The van der Waals surface area contributed by atoms with E-state index in [-0.39, 0.29) is 23.6 Å². The molecule has 1 saturated heterocycles. The van der Waals surface area contributed by atoms with E-state index in [4.69, 9.17) is 0 Å². The fourth-order valence-electron chi connectivity index (χ4n) is 2.72. The lowest BCUT2D eigenvalue weighted by Gasteiger charge is -2.33. The fourth-order valence-corrected chi connectivity index (χ4v) is 4.40. The van der Waals surface area contributed by atoms with Crippen LogP contribution in [0.4, 0.5) is 4.39 Å². The van der Waals surface area contributed by atoms with E-state index >= 15 is 0 Å². The van der Waals surface area contributed by atoms with E-state index in [0.717, 1.165) is 18.6 Å². The van der Waals surface area contributed by atoms with Crippen molar-refractivity contribution < 1.29 is 17.6 Å². The lowest BCUT2D eigenvalue weighted by Crippen LogP contribution is -2.48. The molecule has 0 saturated carbocycles. The molecule has 6 nitrogen and oxygen atoms in total. The number of nitroso groups, excluding NO2 is 1. The molecular weight excluding hydrogens is 323 g/mol. The van der Waals surface area contributed by atoms with E-state index in [1.807, 2.05) is 0 Å². The summed E-state index contributed by atoms with van der Waals surface area (Å²) in [6, 6.07) is 3.06. The Bertz CT molecular complexity index is 675. The van der Waals surface area contributed by atoms with Crippen molar-refractivity contribution in [2.45, 2.75) is 49.6 Å². The molecule has 0 radical (unpaired) electrons. The van der Waals surface area contributed by atoms with Crippen LogP contribution in [-0.4, -0.2) is 37.1 Å². The summed E-state index contributed by atoms with van der Waals surface area (Å²) in [5, 5.41) is 2.80. The van der Waals surface area contributed by atoms with Gasteiger partial charge in [-0.15, -0.1) is 0 Å². The SMILES string of the molecule is CC(CC(=O)[C@@H]1CCCCN1S(=O)(=O)c1ccc(F)cc1)N=O. The largest absolute Gasteiger partial charge is 0.298 e. The van der Waals surface area contributed by atoms with Crippen LogP contribution in [0.3, 0.4) is 0 Å².